The van der Waals surface area contributed by atoms with Crippen molar-refractivity contribution >= 4 is 29.2 Å². The summed E-state index contributed by atoms with van der Waals surface area (Å²) >= 11 is 1.52. The molecule has 0 radical (unpaired) electrons. The van der Waals surface area contributed by atoms with Crippen LogP contribution in [0.15, 0.2) is 51.7 Å². The fourth-order valence-corrected chi connectivity index (χ4v) is 3.90. The molecule has 2 aromatic heterocycles. The first-order chi connectivity index (χ1) is 14.9. The number of hydrazine groups is 1. The number of amides is 4. The van der Waals surface area contributed by atoms with Gasteiger partial charge in [0.2, 0.25) is 17.6 Å². The van der Waals surface area contributed by atoms with Crippen LogP contribution in [0.25, 0.3) is 11.4 Å². The molecule has 1 saturated heterocycles. The van der Waals surface area contributed by atoms with Gasteiger partial charge >= 0.3 is 6.03 Å². The molecule has 3 aromatic rings. The lowest BCUT2D eigenvalue weighted by Crippen LogP contribution is -2.49. The van der Waals surface area contributed by atoms with Crippen LogP contribution in [0, 0.1) is 0 Å². The second kappa shape index (κ2) is 8.68. The Bertz CT molecular complexity index is 1080. The fraction of sp³-hybridized carbons (Fsp3) is 0.286. The predicted molar refractivity (Wildman–Crippen MR) is 113 cm³/mol. The number of imide groups is 1. The zero-order chi connectivity index (χ0) is 21.8. The lowest BCUT2D eigenvalue weighted by molar-refractivity contribution is -0.138. The number of urea groups is 1. The molecule has 160 valence electrons. The van der Waals surface area contributed by atoms with Crippen molar-refractivity contribution in [2.75, 3.05) is 0 Å². The first-order valence-electron chi connectivity index (χ1n) is 9.80. The normalized spacial score (nSPS) is 18.3. The zero-order valence-electron chi connectivity index (χ0n) is 16.8. The summed E-state index contributed by atoms with van der Waals surface area (Å²) in [6, 6.07) is 10.9. The minimum Gasteiger partial charge on any atom is -0.339 e. The van der Waals surface area contributed by atoms with Crippen molar-refractivity contribution in [3.8, 4) is 11.4 Å². The third kappa shape index (κ3) is 4.64. The number of nitrogens with one attached hydrogen (secondary N) is 2. The van der Waals surface area contributed by atoms with Gasteiger partial charge in [-0.05, 0) is 36.8 Å². The van der Waals surface area contributed by atoms with E-state index in [1.165, 1.54) is 11.3 Å². The summed E-state index contributed by atoms with van der Waals surface area (Å²) in [6.07, 6.45) is 1.22. The lowest BCUT2D eigenvalue weighted by Gasteiger charge is -2.21. The number of aryl methyl sites for hydroxylation is 2. The average molecular weight is 439 g/mol. The van der Waals surface area contributed by atoms with Crippen molar-refractivity contribution in [1.29, 1.82) is 0 Å². The molecule has 4 amide bonds. The van der Waals surface area contributed by atoms with E-state index in [0.717, 1.165) is 16.1 Å². The number of nitrogens with zero attached hydrogens (tertiary/aromatic N) is 3. The van der Waals surface area contributed by atoms with Crippen LogP contribution in [0.2, 0.25) is 0 Å². The van der Waals surface area contributed by atoms with Gasteiger partial charge in [-0.2, -0.15) is 21.3 Å². The second-order valence-electron chi connectivity index (χ2n) is 7.45. The van der Waals surface area contributed by atoms with Gasteiger partial charge in [-0.1, -0.05) is 35.5 Å². The van der Waals surface area contributed by atoms with Gasteiger partial charge in [0.1, 0.15) is 5.54 Å². The first-order valence-corrected chi connectivity index (χ1v) is 10.7. The van der Waals surface area contributed by atoms with Gasteiger partial charge in [0.15, 0.2) is 0 Å². The highest BCUT2D eigenvalue weighted by molar-refractivity contribution is 7.08. The molecule has 0 bridgehead atoms. The maximum Gasteiger partial charge on any atom is 0.344 e. The molecule has 2 N–H and O–H groups in total. The summed E-state index contributed by atoms with van der Waals surface area (Å²) in [4.78, 5) is 41.7. The van der Waals surface area contributed by atoms with Gasteiger partial charge in [0.25, 0.3) is 5.91 Å². The van der Waals surface area contributed by atoms with Gasteiger partial charge < -0.3 is 9.84 Å². The Morgan fingerprint density at radius 1 is 1.23 bits per heavy atom. The van der Waals surface area contributed by atoms with Crippen LogP contribution in [-0.4, -0.2) is 38.5 Å². The zero-order valence-corrected chi connectivity index (χ0v) is 17.6. The summed E-state index contributed by atoms with van der Waals surface area (Å²) in [5, 5.41) is 11.1. The molecule has 0 aliphatic carbocycles. The first kappa shape index (κ1) is 20.7. The fourth-order valence-electron chi connectivity index (χ4n) is 3.26. The molecular weight excluding hydrogens is 418 g/mol. The standard InChI is InChI=1S/C21H21N5O4S/c1-21(11-9-14-5-3-2-4-6-14)19(28)26(20(29)23-21)24-16(27)7-8-17-22-18(25-30-17)15-10-12-31-13-15/h2-6,10,12-13H,7-9,11H2,1H3,(H,23,29)(H,24,27). The van der Waals surface area contributed by atoms with Crippen LogP contribution in [0.4, 0.5) is 4.79 Å². The SMILES string of the molecule is CC1(CCc2ccccc2)NC(=O)N(NC(=O)CCc2nc(-c3ccsc3)no2)C1=O. The van der Waals surface area contributed by atoms with E-state index in [-0.39, 0.29) is 12.8 Å². The van der Waals surface area contributed by atoms with E-state index in [9.17, 15) is 14.4 Å². The third-order valence-corrected chi connectivity index (χ3v) is 5.75. The molecule has 4 rings (SSSR count). The molecule has 1 fully saturated rings. The van der Waals surface area contributed by atoms with E-state index >= 15 is 0 Å². The van der Waals surface area contributed by atoms with Gasteiger partial charge in [-0.25, -0.2) is 4.79 Å². The molecule has 1 aliphatic heterocycles. The molecule has 1 aromatic carbocycles. The van der Waals surface area contributed by atoms with E-state index in [0.29, 0.717) is 24.6 Å². The summed E-state index contributed by atoms with van der Waals surface area (Å²) in [6.45, 7) is 1.66. The van der Waals surface area contributed by atoms with E-state index < -0.39 is 23.4 Å². The van der Waals surface area contributed by atoms with Gasteiger partial charge in [0, 0.05) is 23.8 Å². The molecule has 3 heterocycles. The molecule has 0 spiro atoms. The highest BCUT2D eigenvalue weighted by Gasteiger charge is 2.48. The van der Waals surface area contributed by atoms with Crippen LogP contribution < -0.4 is 10.7 Å². The maximum absolute atomic E-state index is 12.8. The van der Waals surface area contributed by atoms with E-state index in [1.807, 2.05) is 47.2 Å². The molecule has 0 saturated carbocycles. The van der Waals surface area contributed by atoms with Gasteiger partial charge in [-0.15, -0.1) is 0 Å². The van der Waals surface area contributed by atoms with Crippen LogP contribution >= 0.6 is 11.3 Å². The van der Waals surface area contributed by atoms with Crippen molar-refractivity contribution in [1.82, 2.24) is 25.9 Å². The Balaban J connectivity index is 1.30. The highest BCUT2D eigenvalue weighted by Crippen LogP contribution is 2.22. The Hall–Kier alpha value is -3.53. The van der Waals surface area contributed by atoms with E-state index in [1.54, 1.807) is 6.92 Å². The minimum atomic E-state index is -1.08. The van der Waals surface area contributed by atoms with E-state index in [4.69, 9.17) is 4.52 Å². The quantitative estimate of drug-likeness (QED) is 0.521. The largest absolute Gasteiger partial charge is 0.344 e. The Morgan fingerprint density at radius 2 is 2.03 bits per heavy atom. The Labute approximate surface area is 182 Å². The van der Waals surface area contributed by atoms with Crippen molar-refractivity contribution in [3.05, 3.63) is 58.6 Å². The number of carbonyl (C=O) groups excluding carboxylic acids is 3. The smallest absolute Gasteiger partial charge is 0.339 e. The Kier molecular flexibility index (Phi) is 5.81. The minimum absolute atomic E-state index is 0.0109. The number of rotatable bonds is 8. The van der Waals surface area contributed by atoms with Gasteiger partial charge in [-0.3, -0.25) is 15.0 Å². The molecule has 1 atom stereocenters. The highest BCUT2D eigenvalue weighted by atomic mass is 32.1. The maximum atomic E-state index is 12.8. The van der Waals surface area contributed by atoms with Crippen LogP contribution in [0.5, 0.6) is 0 Å². The molecule has 10 heteroatoms. The summed E-state index contributed by atoms with van der Waals surface area (Å²) in [7, 11) is 0. The molecule has 9 nitrogen and oxygen atoms in total. The second-order valence-corrected chi connectivity index (χ2v) is 8.23. The molecule has 31 heavy (non-hydrogen) atoms. The summed E-state index contributed by atoms with van der Waals surface area (Å²) in [5.74, 6) is -0.216. The summed E-state index contributed by atoms with van der Waals surface area (Å²) < 4.78 is 5.16. The third-order valence-electron chi connectivity index (χ3n) is 5.07. The predicted octanol–water partition coefficient (Wildman–Crippen LogP) is 2.71. The summed E-state index contributed by atoms with van der Waals surface area (Å²) in [5.41, 5.74) is 3.21. The van der Waals surface area contributed by atoms with Crippen LogP contribution in [0.1, 0.15) is 31.2 Å². The number of benzene rings is 1. The molecule has 1 aliphatic rings. The lowest BCUT2D eigenvalue weighted by atomic mass is 9.93. The van der Waals surface area contributed by atoms with Crippen molar-refractivity contribution < 1.29 is 18.9 Å². The molecule has 1 unspecified atom stereocenters. The van der Waals surface area contributed by atoms with E-state index in [2.05, 4.69) is 20.9 Å². The molecular formula is C21H21N5O4S. The topological polar surface area (TPSA) is 117 Å². The van der Waals surface area contributed by atoms with Crippen molar-refractivity contribution in [2.45, 2.75) is 38.1 Å². The monoisotopic (exact) mass is 439 g/mol. The number of thiophene rings is 1. The van der Waals surface area contributed by atoms with Gasteiger partial charge in [0.05, 0.1) is 0 Å². The van der Waals surface area contributed by atoms with Crippen molar-refractivity contribution in [3.63, 3.8) is 0 Å². The number of hydrogen-bond acceptors (Lipinski definition) is 7. The number of hydrogen-bond donors (Lipinski definition) is 2. The Morgan fingerprint density at radius 3 is 2.77 bits per heavy atom. The number of carbonyl (C=O) groups is 3. The van der Waals surface area contributed by atoms with Crippen molar-refractivity contribution in [2.24, 2.45) is 0 Å². The average Bonchev–Trinajstić information content (AvgIpc) is 3.50. The number of aromatic nitrogens is 2. The van der Waals surface area contributed by atoms with Crippen LogP contribution in [-0.2, 0) is 22.4 Å². The van der Waals surface area contributed by atoms with Crippen LogP contribution in [0.3, 0.4) is 0 Å².